The van der Waals surface area contributed by atoms with E-state index >= 15 is 0 Å². The molecule has 0 amide bonds. The van der Waals surface area contributed by atoms with Crippen LogP contribution in [0.25, 0.3) is 0 Å². The highest BCUT2D eigenvalue weighted by Crippen LogP contribution is 2.24. The minimum absolute atomic E-state index is 0.0149. The Morgan fingerprint density at radius 3 is 2.78 bits per heavy atom. The van der Waals surface area contributed by atoms with E-state index in [1.165, 1.54) is 10.9 Å². The number of ether oxygens (including phenoxy) is 1. The molecule has 5 nitrogen and oxygen atoms in total. The first-order valence-corrected chi connectivity index (χ1v) is 7.74. The van der Waals surface area contributed by atoms with Crippen LogP contribution in [0.5, 0.6) is 0 Å². The van der Waals surface area contributed by atoms with Crippen LogP contribution < -0.4 is 5.56 Å². The van der Waals surface area contributed by atoms with Gasteiger partial charge >= 0.3 is 0 Å². The first kappa shape index (κ1) is 15.6. The fourth-order valence-electron chi connectivity index (χ4n) is 2.75. The topological polar surface area (TPSA) is 61.2 Å². The number of ketones is 1. The number of aromatic nitrogens is 2. The average Bonchev–Trinajstić information content (AvgIpc) is 2.58. The van der Waals surface area contributed by atoms with E-state index in [1.807, 2.05) is 44.2 Å². The van der Waals surface area contributed by atoms with E-state index in [-0.39, 0.29) is 24.5 Å². The Balaban J connectivity index is 1.87. The summed E-state index contributed by atoms with van der Waals surface area (Å²) in [4.78, 5) is 29.6. The van der Waals surface area contributed by atoms with Crippen molar-refractivity contribution in [2.45, 2.75) is 38.8 Å². The van der Waals surface area contributed by atoms with Crippen LogP contribution in [0, 0.1) is 0 Å². The molecule has 0 radical (unpaired) electrons. The normalized spacial score (nSPS) is 14.3. The van der Waals surface area contributed by atoms with E-state index in [0.717, 1.165) is 11.3 Å². The Hall–Kier alpha value is -2.27. The Kier molecular flexibility index (Phi) is 4.13. The van der Waals surface area contributed by atoms with Gasteiger partial charge in [-0.1, -0.05) is 30.3 Å². The summed E-state index contributed by atoms with van der Waals surface area (Å²) >= 11 is 0. The summed E-state index contributed by atoms with van der Waals surface area (Å²) < 4.78 is 6.72. The minimum Gasteiger partial charge on any atom is -0.376 e. The van der Waals surface area contributed by atoms with Gasteiger partial charge in [0.05, 0.1) is 42.8 Å². The number of Topliss-reactive ketones (excluding diaryl/α,β-unsaturated/α-hetero) is 1. The lowest BCUT2D eigenvalue weighted by Crippen LogP contribution is -2.37. The van der Waals surface area contributed by atoms with Gasteiger partial charge in [-0.25, -0.2) is 4.98 Å². The third-order valence-corrected chi connectivity index (χ3v) is 4.46. The number of carbonyl (C=O) groups excluding carboxylic acids is 1. The van der Waals surface area contributed by atoms with Crippen LogP contribution in [0.15, 0.2) is 41.5 Å². The second-order valence-electron chi connectivity index (χ2n) is 6.32. The number of carbonyl (C=O) groups is 1. The molecule has 1 aliphatic heterocycles. The van der Waals surface area contributed by atoms with Crippen molar-refractivity contribution >= 4 is 5.78 Å². The van der Waals surface area contributed by atoms with Crippen LogP contribution in [-0.2, 0) is 34.5 Å². The maximum atomic E-state index is 12.7. The number of benzene rings is 1. The van der Waals surface area contributed by atoms with Crippen LogP contribution in [0.1, 0.15) is 30.7 Å². The third-order valence-electron chi connectivity index (χ3n) is 4.46. The summed E-state index contributed by atoms with van der Waals surface area (Å²) in [6.07, 6.45) is 2.13. The molecule has 0 saturated heterocycles. The smallest absolute Gasteiger partial charge is 0.259 e. The molecule has 0 fully saturated rings. The molecule has 0 N–H and O–H groups in total. The van der Waals surface area contributed by atoms with Gasteiger partial charge in [-0.05, 0) is 19.4 Å². The molecule has 3 rings (SSSR count). The molecule has 5 heteroatoms. The Morgan fingerprint density at radius 2 is 2.04 bits per heavy atom. The summed E-state index contributed by atoms with van der Waals surface area (Å²) in [5.74, 6) is -0.0238. The Morgan fingerprint density at radius 1 is 1.30 bits per heavy atom. The van der Waals surface area contributed by atoms with Crippen molar-refractivity contribution in [1.82, 2.24) is 9.55 Å². The zero-order valence-electron chi connectivity index (χ0n) is 13.4. The molecule has 0 saturated carbocycles. The fourth-order valence-corrected chi connectivity index (χ4v) is 2.75. The highest BCUT2D eigenvalue weighted by molar-refractivity contribution is 5.89. The fraction of sp³-hybridized carbons (Fsp3) is 0.389. The van der Waals surface area contributed by atoms with Crippen molar-refractivity contribution in [3.05, 3.63) is 63.8 Å². The van der Waals surface area contributed by atoms with Crippen LogP contribution >= 0.6 is 0 Å². The van der Waals surface area contributed by atoms with Gasteiger partial charge in [0.2, 0.25) is 0 Å². The van der Waals surface area contributed by atoms with E-state index in [1.54, 1.807) is 0 Å². The SMILES string of the molecule is CC(C)(C(=O)Cn1cnc2c(c1=O)COCC2)c1ccccc1. The zero-order chi connectivity index (χ0) is 16.4. The van der Waals surface area contributed by atoms with Crippen molar-refractivity contribution in [3.8, 4) is 0 Å². The quantitative estimate of drug-likeness (QED) is 0.864. The van der Waals surface area contributed by atoms with Crippen molar-refractivity contribution in [3.63, 3.8) is 0 Å². The lowest BCUT2D eigenvalue weighted by molar-refractivity contribution is -0.124. The van der Waals surface area contributed by atoms with Gasteiger partial charge in [-0.15, -0.1) is 0 Å². The highest BCUT2D eigenvalue weighted by Gasteiger charge is 2.30. The van der Waals surface area contributed by atoms with E-state index < -0.39 is 5.41 Å². The maximum absolute atomic E-state index is 12.7. The van der Waals surface area contributed by atoms with E-state index in [0.29, 0.717) is 18.6 Å². The summed E-state index contributed by atoms with van der Waals surface area (Å²) in [6, 6.07) is 9.60. The molecule has 23 heavy (non-hydrogen) atoms. The maximum Gasteiger partial charge on any atom is 0.259 e. The van der Waals surface area contributed by atoms with Crippen molar-refractivity contribution in [2.75, 3.05) is 6.61 Å². The predicted molar refractivity (Wildman–Crippen MR) is 86.3 cm³/mol. The van der Waals surface area contributed by atoms with Crippen molar-refractivity contribution < 1.29 is 9.53 Å². The molecule has 2 aromatic rings. The summed E-state index contributed by atoms with van der Waals surface area (Å²) in [5.41, 5.74) is 1.46. The van der Waals surface area contributed by atoms with Crippen LogP contribution in [-0.4, -0.2) is 21.9 Å². The predicted octanol–water partition coefficient (Wildman–Crippen LogP) is 1.86. The largest absolute Gasteiger partial charge is 0.376 e. The monoisotopic (exact) mass is 312 g/mol. The van der Waals surface area contributed by atoms with Crippen molar-refractivity contribution in [2.24, 2.45) is 0 Å². The summed E-state index contributed by atoms with van der Waals surface area (Å²) in [6.45, 7) is 4.64. The van der Waals surface area contributed by atoms with Gasteiger partial charge in [-0.2, -0.15) is 0 Å². The number of fused-ring (bicyclic) bond motifs is 1. The first-order chi connectivity index (χ1) is 11.0. The lowest BCUT2D eigenvalue weighted by Gasteiger charge is -2.24. The second-order valence-corrected chi connectivity index (χ2v) is 6.32. The van der Waals surface area contributed by atoms with Gasteiger partial charge in [0, 0.05) is 6.42 Å². The van der Waals surface area contributed by atoms with E-state index in [9.17, 15) is 9.59 Å². The number of nitrogens with zero attached hydrogens (tertiary/aromatic N) is 2. The summed E-state index contributed by atoms with van der Waals surface area (Å²) in [7, 11) is 0. The highest BCUT2D eigenvalue weighted by atomic mass is 16.5. The van der Waals surface area contributed by atoms with Crippen LogP contribution in [0.3, 0.4) is 0 Å². The van der Waals surface area contributed by atoms with E-state index in [2.05, 4.69) is 4.98 Å². The standard InChI is InChI=1S/C18H20N2O3/c1-18(2,13-6-4-3-5-7-13)16(21)10-20-12-19-15-8-9-23-11-14(15)17(20)22/h3-7,12H,8-11H2,1-2H3. The number of hydrogen-bond acceptors (Lipinski definition) is 4. The molecule has 0 spiro atoms. The Labute approximate surface area is 134 Å². The molecule has 120 valence electrons. The van der Waals surface area contributed by atoms with Crippen LogP contribution in [0.4, 0.5) is 0 Å². The third kappa shape index (κ3) is 2.97. The molecule has 0 aliphatic carbocycles. The van der Waals surface area contributed by atoms with Gasteiger partial charge in [0.1, 0.15) is 0 Å². The van der Waals surface area contributed by atoms with Gasteiger partial charge in [-0.3, -0.25) is 14.2 Å². The lowest BCUT2D eigenvalue weighted by atomic mass is 9.80. The van der Waals surface area contributed by atoms with E-state index in [4.69, 9.17) is 4.74 Å². The minimum atomic E-state index is -0.660. The second kappa shape index (κ2) is 6.08. The average molecular weight is 312 g/mol. The Bertz CT molecular complexity index is 779. The van der Waals surface area contributed by atoms with Crippen LogP contribution in [0.2, 0.25) is 0 Å². The van der Waals surface area contributed by atoms with Gasteiger partial charge in [0.25, 0.3) is 5.56 Å². The number of rotatable bonds is 4. The zero-order valence-corrected chi connectivity index (χ0v) is 13.4. The van der Waals surface area contributed by atoms with Gasteiger partial charge < -0.3 is 4.74 Å². The molecule has 2 heterocycles. The molecule has 0 atom stereocenters. The molecule has 1 aliphatic rings. The van der Waals surface area contributed by atoms with Gasteiger partial charge in [0.15, 0.2) is 5.78 Å². The summed E-state index contributed by atoms with van der Waals surface area (Å²) in [5, 5.41) is 0. The number of hydrogen-bond donors (Lipinski definition) is 0. The first-order valence-electron chi connectivity index (χ1n) is 7.74. The molecule has 0 unspecified atom stereocenters. The molecular weight excluding hydrogens is 292 g/mol. The molecular formula is C18H20N2O3. The van der Waals surface area contributed by atoms with Crippen molar-refractivity contribution in [1.29, 1.82) is 0 Å². The molecule has 0 bridgehead atoms. The molecule has 1 aromatic carbocycles. The molecule has 1 aromatic heterocycles.